The van der Waals surface area contributed by atoms with E-state index in [1.165, 1.54) is 12.3 Å². The molecule has 2 heterocycles. The second kappa shape index (κ2) is 2.84. The molecule has 14 heavy (non-hydrogen) atoms. The van der Waals surface area contributed by atoms with Gasteiger partial charge in [0.15, 0.2) is 11.3 Å². The van der Waals surface area contributed by atoms with Crippen LogP contribution in [-0.2, 0) is 6.18 Å². The van der Waals surface area contributed by atoms with Gasteiger partial charge in [-0.2, -0.15) is 18.3 Å². The summed E-state index contributed by atoms with van der Waals surface area (Å²) in [5, 5.41) is 3.37. The highest BCUT2D eigenvalue weighted by Gasteiger charge is 2.34. The van der Waals surface area contributed by atoms with Crippen molar-refractivity contribution < 1.29 is 13.2 Å². The normalized spacial score (nSPS) is 12.3. The van der Waals surface area contributed by atoms with Crippen molar-refractivity contribution in [2.45, 2.75) is 6.18 Å². The number of rotatable bonds is 0. The van der Waals surface area contributed by atoms with Crippen LogP contribution in [0.15, 0.2) is 18.3 Å². The van der Waals surface area contributed by atoms with Gasteiger partial charge in [0.1, 0.15) is 5.15 Å². The fourth-order valence-corrected chi connectivity index (χ4v) is 1.19. The molecule has 0 amide bonds. The summed E-state index contributed by atoms with van der Waals surface area (Å²) < 4.78 is 37.6. The van der Waals surface area contributed by atoms with E-state index in [0.717, 1.165) is 10.6 Å². The third-order valence-electron chi connectivity index (χ3n) is 1.60. The zero-order valence-electron chi connectivity index (χ0n) is 6.59. The van der Waals surface area contributed by atoms with Gasteiger partial charge in [-0.1, -0.05) is 11.6 Å². The Balaban J connectivity index is 2.69. The lowest BCUT2D eigenvalue weighted by Crippen LogP contribution is -2.05. The van der Waals surface area contributed by atoms with Crippen molar-refractivity contribution in [1.82, 2.24) is 14.6 Å². The third kappa shape index (κ3) is 1.41. The molecule has 0 aliphatic heterocycles. The topological polar surface area (TPSA) is 30.2 Å². The molecule has 0 radical (unpaired) electrons. The standard InChI is InChI=1S/C7H3ClF3N3/c8-5-1-2-12-6-3-4(7(9,10)11)13-14(5)6/h1-3H. The number of hydrogen-bond donors (Lipinski definition) is 0. The van der Waals surface area contributed by atoms with Gasteiger partial charge in [-0.05, 0) is 6.07 Å². The summed E-state index contributed by atoms with van der Waals surface area (Å²) in [5.74, 6) is 0. The lowest BCUT2D eigenvalue weighted by molar-refractivity contribution is -0.141. The summed E-state index contributed by atoms with van der Waals surface area (Å²) in [4.78, 5) is 3.69. The summed E-state index contributed by atoms with van der Waals surface area (Å²) in [6.07, 6.45) is -3.16. The van der Waals surface area contributed by atoms with E-state index < -0.39 is 11.9 Å². The first-order chi connectivity index (χ1) is 6.48. The minimum atomic E-state index is -4.48. The Morgan fingerprint density at radius 1 is 1.36 bits per heavy atom. The van der Waals surface area contributed by atoms with Crippen LogP contribution in [0.2, 0.25) is 5.15 Å². The molecule has 0 aliphatic carbocycles. The van der Waals surface area contributed by atoms with Gasteiger partial charge in [0.2, 0.25) is 0 Å². The molecule has 0 unspecified atom stereocenters. The summed E-state index contributed by atoms with van der Waals surface area (Å²) in [7, 11) is 0. The van der Waals surface area contributed by atoms with Crippen molar-refractivity contribution in [1.29, 1.82) is 0 Å². The van der Waals surface area contributed by atoms with Crippen molar-refractivity contribution in [3.05, 3.63) is 29.2 Å². The van der Waals surface area contributed by atoms with Gasteiger partial charge in [-0.15, -0.1) is 0 Å². The monoisotopic (exact) mass is 221 g/mol. The second-order valence-corrected chi connectivity index (χ2v) is 2.95. The number of aromatic nitrogens is 3. The highest BCUT2D eigenvalue weighted by molar-refractivity contribution is 6.29. The average Bonchev–Trinajstić information content (AvgIpc) is 2.48. The predicted molar refractivity (Wildman–Crippen MR) is 43.0 cm³/mol. The molecule has 0 N–H and O–H groups in total. The molecule has 0 bridgehead atoms. The molecule has 3 nitrogen and oxygen atoms in total. The minimum absolute atomic E-state index is 0.0739. The first kappa shape index (κ1) is 9.26. The maximum Gasteiger partial charge on any atom is 0.435 e. The van der Waals surface area contributed by atoms with Crippen LogP contribution in [0.3, 0.4) is 0 Å². The maximum absolute atomic E-state index is 12.2. The molecule has 0 atom stereocenters. The number of nitrogens with zero attached hydrogens (tertiary/aromatic N) is 3. The fraction of sp³-hybridized carbons (Fsp3) is 0.143. The van der Waals surface area contributed by atoms with Crippen LogP contribution in [0, 0.1) is 0 Å². The zero-order valence-corrected chi connectivity index (χ0v) is 7.34. The van der Waals surface area contributed by atoms with E-state index in [0.29, 0.717) is 0 Å². The Labute approximate surface area is 81.1 Å². The molecular formula is C7H3ClF3N3. The van der Waals surface area contributed by atoms with Crippen LogP contribution in [0.1, 0.15) is 5.69 Å². The van der Waals surface area contributed by atoms with E-state index in [1.54, 1.807) is 0 Å². The quantitative estimate of drug-likeness (QED) is 0.640. The molecule has 0 saturated carbocycles. The first-order valence-corrected chi connectivity index (χ1v) is 3.94. The van der Waals surface area contributed by atoms with Crippen LogP contribution in [-0.4, -0.2) is 14.6 Å². The maximum atomic E-state index is 12.2. The Morgan fingerprint density at radius 2 is 2.07 bits per heavy atom. The van der Waals surface area contributed by atoms with Crippen LogP contribution in [0.25, 0.3) is 5.65 Å². The molecular weight excluding hydrogens is 219 g/mol. The van der Waals surface area contributed by atoms with Crippen molar-refractivity contribution in [3.63, 3.8) is 0 Å². The van der Waals surface area contributed by atoms with E-state index in [1.807, 2.05) is 0 Å². The molecule has 0 aliphatic rings. The van der Waals surface area contributed by atoms with Gasteiger partial charge < -0.3 is 0 Å². The van der Waals surface area contributed by atoms with E-state index in [2.05, 4.69) is 10.1 Å². The van der Waals surface area contributed by atoms with Gasteiger partial charge >= 0.3 is 6.18 Å². The minimum Gasteiger partial charge on any atom is -0.237 e. The predicted octanol–water partition coefficient (Wildman–Crippen LogP) is 2.40. The van der Waals surface area contributed by atoms with Crippen molar-refractivity contribution in [3.8, 4) is 0 Å². The highest BCUT2D eigenvalue weighted by atomic mass is 35.5. The Kier molecular flexibility index (Phi) is 1.88. The second-order valence-electron chi connectivity index (χ2n) is 2.56. The van der Waals surface area contributed by atoms with Gasteiger partial charge in [0, 0.05) is 12.3 Å². The largest absolute Gasteiger partial charge is 0.435 e. The summed E-state index contributed by atoms with van der Waals surface area (Å²) in [6.45, 7) is 0. The Bertz CT molecular complexity index is 476. The van der Waals surface area contributed by atoms with Gasteiger partial charge in [-0.3, -0.25) is 0 Å². The van der Waals surface area contributed by atoms with Crippen LogP contribution < -0.4 is 0 Å². The molecule has 0 saturated heterocycles. The van der Waals surface area contributed by atoms with Gasteiger partial charge in [0.05, 0.1) is 0 Å². The molecule has 2 aromatic rings. The molecule has 2 aromatic heterocycles. The first-order valence-electron chi connectivity index (χ1n) is 3.56. The number of alkyl halides is 3. The molecule has 74 valence electrons. The smallest absolute Gasteiger partial charge is 0.237 e. The Hall–Kier alpha value is -1.30. The zero-order chi connectivity index (χ0) is 10.3. The summed E-state index contributed by atoms with van der Waals surface area (Å²) in [6, 6.07) is 2.20. The van der Waals surface area contributed by atoms with Crippen LogP contribution >= 0.6 is 11.6 Å². The van der Waals surface area contributed by atoms with E-state index >= 15 is 0 Å². The molecule has 0 fully saturated rings. The number of halogens is 4. The molecule has 0 aromatic carbocycles. The molecule has 7 heteroatoms. The summed E-state index contributed by atoms with van der Waals surface area (Å²) >= 11 is 5.61. The van der Waals surface area contributed by atoms with Crippen molar-refractivity contribution in [2.75, 3.05) is 0 Å². The third-order valence-corrected chi connectivity index (χ3v) is 1.89. The van der Waals surface area contributed by atoms with Gasteiger partial charge in [0.25, 0.3) is 0 Å². The molecule has 0 spiro atoms. The Morgan fingerprint density at radius 3 is 2.64 bits per heavy atom. The lowest BCUT2D eigenvalue weighted by Gasteiger charge is -1.98. The van der Waals surface area contributed by atoms with Crippen LogP contribution in [0.5, 0.6) is 0 Å². The lowest BCUT2D eigenvalue weighted by atomic mass is 10.4. The fourth-order valence-electron chi connectivity index (χ4n) is 1.00. The van der Waals surface area contributed by atoms with E-state index in [4.69, 9.17) is 11.6 Å². The van der Waals surface area contributed by atoms with Crippen molar-refractivity contribution >= 4 is 17.2 Å². The molecule has 2 rings (SSSR count). The number of hydrogen-bond acceptors (Lipinski definition) is 2. The highest BCUT2D eigenvalue weighted by Crippen LogP contribution is 2.28. The van der Waals surface area contributed by atoms with Gasteiger partial charge in [-0.25, -0.2) is 9.50 Å². The SMILES string of the molecule is FC(F)(F)c1cc2nccc(Cl)n2n1. The van der Waals surface area contributed by atoms with E-state index in [9.17, 15) is 13.2 Å². The van der Waals surface area contributed by atoms with Crippen LogP contribution in [0.4, 0.5) is 13.2 Å². The van der Waals surface area contributed by atoms with Crippen molar-refractivity contribution in [2.24, 2.45) is 0 Å². The number of fused-ring (bicyclic) bond motifs is 1. The summed E-state index contributed by atoms with van der Waals surface area (Å²) in [5.41, 5.74) is -0.928. The average molecular weight is 222 g/mol. The van der Waals surface area contributed by atoms with E-state index in [-0.39, 0.29) is 10.8 Å².